The Balaban J connectivity index is 2.14. The van der Waals surface area contributed by atoms with Crippen LogP contribution in [0.25, 0.3) is 22.5 Å². The van der Waals surface area contributed by atoms with Crippen molar-refractivity contribution >= 4 is 17.5 Å². The molecule has 6 heteroatoms. The lowest BCUT2D eigenvalue weighted by Crippen LogP contribution is -1.90. The van der Waals surface area contributed by atoms with Crippen molar-refractivity contribution in [3.63, 3.8) is 0 Å². The highest BCUT2D eigenvalue weighted by Gasteiger charge is 2.18. The second-order valence-corrected chi connectivity index (χ2v) is 4.58. The number of rotatable bonds is 2. The third kappa shape index (κ3) is 2.23. The third-order valence-electron chi connectivity index (χ3n) is 2.82. The molecule has 0 radical (unpaired) electrons. The quantitative estimate of drug-likeness (QED) is 0.780. The molecule has 0 bridgehead atoms. The predicted octanol–water partition coefficient (Wildman–Crippen LogP) is 3.78. The summed E-state index contributed by atoms with van der Waals surface area (Å²) in [5.74, 6) is -0.244. The van der Waals surface area contributed by atoms with Gasteiger partial charge in [-0.15, -0.1) is 0 Å². The average Bonchev–Trinajstić information content (AvgIpc) is 2.83. The molecule has 3 rings (SSSR count). The van der Waals surface area contributed by atoms with Gasteiger partial charge in [-0.25, -0.2) is 4.39 Å². The fourth-order valence-electron chi connectivity index (χ4n) is 1.89. The molecule has 0 fully saturated rings. The summed E-state index contributed by atoms with van der Waals surface area (Å²) in [5.41, 5.74) is 8.17. The van der Waals surface area contributed by atoms with Crippen LogP contribution in [0.5, 0.6) is 0 Å². The Bertz CT molecular complexity index is 738. The van der Waals surface area contributed by atoms with Crippen molar-refractivity contribution in [2.45, 2.75) is 0 Å². The Labute approximate surface area is 119 Å². The molecule has 0 aliphatic rings. The van der Waals surface area contributed by atoms with Gasteiger partial charge in [0.1, 0.15) is 11.5 Å². The van der Waals surface area contributed by atoms with Crippen LogP contribution >= 0.6 is 11.6 Å². The van der Waals surface area contributed by atoms with E-state index in [1.165, 1.54) is 12.1 Å². The third-order valence-corrected chi connectivity index (χ3v) is 3.07. The maximum absolute atomic E-state index is 12.9. The van der Waals surface area contributed by atoms with E-state index in [9.17, 15) is 4.39 Å². The topological polar surface area (TPSA) is 64.9 Å². The maximum atomic E-state index is 12.9. The number of benzene rings is 1. The number of anilines is 1. The first-order chi connectivity index (χ1) is 9.65. The van der Waals surface area contributed by atoms with Gasteiger partial charge in [0.2, 0.25) is 5.88 Å². The zero-order chi connectivity index (χ0) is 14.1. The largest absolute Gasteiger partial charge is 0.367 e. The SMILES string of the molecule is Nc1onc(-c2ccc(F)cn2)c1-c1ccc(Cl)cc1. The first-order valence-electron chi connectivity index (χ1n) is 5.78. The van der Waals surface area contributed by atoms with Crippen LogP contribution in [0.15, 0.2) is 47.1 Å². The van der Waals surface area contributed by atoms with Crippen molar-refractivity contribution in [1.29, 1.82) is 0 Å². The predicted molar refractivity (Wildman–Crippen MR) is 74.6 cm³/mol. The van der Waals surface area contributed by atoms with Crippen LogP contribution in [-0.2, 0) is 0 Å². The highest BCUT2D eigenvalue weighted by Crippen LogP contribution is 2.35. The molecule has 4 nitrogen and oxygen atoms in total. The minimum Gasteiger partial charge on any atom is -0.367 e. The van der Waals surface area contributed by atoms with Crippen LogP contribution in [0.2, 0.25) is 5.02 Å². The molecule has 0 aliphatic carbocycles. The fraction of sp³-hybridized carbons (Fsp3) is 0. The number of hydrogen-bond acceptors (Lipinski definition) is 4. The summed E-state index contributed by atoms with van der Waals surface area (Å²) in [7, 11) is 0. The minimum absolute atomic E-state index is 0.174. The van der Waals surface area contributed by atoms with Gasteiger partial charge in [0, 0.05) is 5.02 Å². The lowest BCUT2D eigenvalue weighted by Gasteiger charge is -2.02. The van der Waals surface area contributed by atoms with Crippen molar-refractivity contribution in [2.24, 2.45) is 0 Å². The Morgan fingerprint density at radius 3 is 2.50 bits per heavy atom. The summed E-state index contributed by atoms with van der Waals surface area (Å²) in [6.45, 7) is 0. The van der Waals surface area contributed by atoms with Crippen LogP contribution in [-0.4, -0.2) is 10.1 Å². The Morgan fingerprint density at radius 1 is 1.10 bits per heavy atom. The molecule has 3 aromatic rings. The normalized spacial score (nSPS) is 10.7. The van der Waals surface area contributed by atoms with E-state index in [-0.39, 0.29) is 5.88 Å². The zero-order valence-electron chi connectivity index (χ0n) is 10.2. The zero-order valence-corrected chi connectivity index (χ0v) is 10.9. The molecule has 0 spiro atoms. The number of nitrogen functional groups attached to an aromatic ring is 1. The molecule has 0 atom stereocenters. The smallest absolute Gasteiger partial charge is 0.230 e. The number of nitrogens with two attached hydrogens (primary N) is 1. The molecule has 0 unspecified atom stereocenters. The molecule has 20 heavy (non-hydrogen) atoms. The number of hydrogen-bond donors (Lipinski definition) is 1. The van der Waals surface area contributed by atoms with Gasteiger partial charge >= 0.3 is 0 Å². The van der Waals surface area contributed by atoms with E-state index in [2.05, 4.69) is 10.1 Å². The standard InChI is InChI=1S/C14H9ClFN3O/c15-9-3-1-8(2-4-9)12-13(19-20-14(12)17)11-6-5-10(16)7-18-11/h1-7H,17H2. The summed E-state index contributed by atoms with van der Waals surface area (Å²) in [4.78, 5) is 3.99. The second-order valence-electron chi connectivity index (χ2n) is 4.14. The highest BCUT2D eigenvalue weighted by atomic mass is 35.5. The van der Waals surface area contributed by atoms with E-state index >= 15 is 0 Å². The monoisotopic (exact) mass is 289 g/mol. The van der Waals surface area contributed by atoms with Gasteiger partial charge in [0.15, 0.2) is 0 Å². The van der Waals surface area contributed by atoms with Crippen molar-refractivity contribution in [2.75, 3.05) is 5.73 Å². The number of halogens is 2. The number of pyridine rings is 1. The summed E-state index contributed by atoms with van der Waals surface area (Å²) in [6.07, 6.45) is 1.12. The summed E-state index contributed by atoms with van der Waals surface area (Å²) < 4.78 is 18.0. The van der Waals surface area contributed by atoms with E-state index in [0.29, 0.717) is 22.0 Å². The summed E-state index contributed by atoms with van der Waals surface area (Å²) in [6, 6.07) is 9.91. The Kier molecular flexibility index (Phi) is 3.12. The maximum Gasteiger partial charge on any atom is 0.230 e. The van der Waals surface area contributed by atoms with Gasteiger partial charge < -0.3 is 10.3 Å². The lowest BCUT2D eigenvalue weighted by molar-refractivity contribution is 0.439. The van der Waals surface area contributed by atoms with Crippen LogP contribution in [0.1, 0.15) is 0 Å². The van der Waals surface area contributed by atoms with Crippen molar-refractivity contribution in [1.82, 2.24) is 10.1 Å². The number of nitrogens with zero attached hydrogens (tertiary/aromatic N) is 2. The van der Waals surface area contributed by atoms with E-state index in [4.69, 9.17) is 21.9 Å². The van der Waals surface area contributed by atoms with E-state index in [1.54, 1.807) is 24.3 Å². The van der Waals surface area contributed by atoms with Gasteiger partial charge in [-0.3, -0.25) is 4.98 Å². The van der Waals surface area contributed by atoms with Crippen LogP contribution in [0.4, 0.5) is 10.3 Å². The number of aromatic nitrogens is 2. The van der Waals surface area contributed by atoms with Gasteiger partial charge in [-0.2, -0.15) is 0 Å². The Hall–Kier alpha value is -2.40. The molecule has 2 aromatic heterocycles. The van der Waals surface area contributed by atoms with Gasteiger partial charge in [-0.1, -0.05) is 28.9 Å². The first kappa shape index (κ1) is 12.6. The van der Waals surface area contributed by atoms with Crippen molar-refractivity contribution in [3.8, 4) is 22.5 Å². The second kappa shape index (κ2) is 4.94. The van der Waals surface area contributed by atoms with Gasteiger partial charge in [-0.05, 0) is 29.8 Å². The van der Waals surface area contributed by atoms with E-state index < -0.39 is 5.82 Å². The van der Waals surface area contributed by atoms with Crippen molar-refractivity contribution < 1.29 is 8.91 Å². The molecule has 0 aliphatic heterocycles. The molecule has 2 N–H and O–H groups in total. The molecule has 0 saturated heterocycles. The lowest BCUT2D eigenvalue weighted by atomic mass is 10.0. The first-order valence-corrected chi connectivity index (χ1v) is 6.16. The van der Waals surface area contributed by atoms with Crippen molar-refractivity contribution in [3.05, 3.63) is 53.4 Å². The summed E-state index contributed by atoms with van der Waals surface area (Å²) >= 11 is 5.86. The fourth-order valence-corrected chi connectivity index (χ4v) is 2.02. The molecular formula is C14H9ClFN3O. The molecule has 100 valence electrons. The molecular weight excluding hydrogens is 281 g/mol. The van der Waals surface area contributed by atoms with Gasteiger partial charge in [0.25, 0.3) is 0 Å². The van der Waals surface area contributed by atoms with Crippen LogP contribution in [0.3, 0.4) is 0 Å². The Morgan fingerprint density at radius 2 is 1.85 bits per heavy atom. The molecule has 2 heterocycles. The molecule has 1 aromatic carbocycles. The highest BCUT2D eigenvalue weighted by molar-refractivity contribution is 6.30. The van der Waals surface area contributed by atoms with E-state index in [0.717, 1.165) is 11.8 Å². The van der Waals surface area contributed by atoms with Crippen LogP contribution < -0.4 is 5.73 Å². The van der Waals surface area contributed by atoms with Gasteiger partial charge in [0.05, 0.1) is 17.5 Å². The minimum atomic E-state index is -0.418. The average molecular weight is 290 g/mol. The summed E-state index contributed by atoms with van der Waals surface area (Å²) in [5, 5.41) is 4.51. The molecule has 0 amide bonds. The molecule has 0 saturated carbocycles. The van der Waals surface area contributed by atoms with E-state index in [1.807, 2.05) is 0 Å². The van der Waals surface area contributed by atoms with Crippen LogP contribution in [0, 0.1) is 5.82 Å².